The Morgan fingerprint density at radius 3 is 2.57 bits per heavy atom. The zero-order chi connectivity index (χ0) is 20.8. The van der Waals surface area contributed by atoms with Crippen LogP contribution in [-0.4, -0.2) is 44.3 Å². The number of carbonyl (C=O) groups excluding carboxylic acids is 2. The number of ketones is 1. The monoisotopic (exact) mass is 409 g/mol. The van der Waals surface area contributed by atoms with Crippen molar-refractivity contribution in [1.82, 2.24) is 4.90 Å². The standard InChI is InChI=1S/C22H19NO7/c1-21-17-12(4-5-14(26-2)18(17)27-3)19(24)22(21)13-9-16-15(28-10-29-16)8-11(13)6-7-23(22)20(25)30-21/h4-5,8-9H,6-7,10H2,1-3H3/t21-,22+/m1/s1. The Kier molecular flexibility index (Phi) is 3.13. The smallest absolute Gasteiger partial charge is 0.412 e. The van der Waals surface area contributed by atoms with Gasteiger partial charge in [-0.15, -0.1) is 0 Å². The van der Waals surface area contributed by atoms with E-state index < -0.39 is 17.2 Å². The second kappa shape index (κ2) is 5.38. The quantitative estimate of drug-likeness (QED) is 0.754. The SMILES string of the molecule is COc1ccc2c(c1OC)[C@@]1(C)OC(=O)N3CCc4cc5c(cc4[C@@]31C2=O)OCO5. The molecule has 30 heavy (non-hydrogen) atoms. The molecule has 4 aliphatic rings. The van der Waals surface area contributed by atoms with Crippen LogP contribution in [0.5, 0.6) is 23.0 Å². The van der Waals surface area contributed by atoms with Crippen molar-refractivity contribution in [2.24, 2.45) is 0 Å². The second-order valence-electron chi connectivity index (χ2n) is 7.93. The predicted octanol–water partition coefficient (Wildman–Crippen LogP) is 2.75. The van der Waals surface area contributed by atoms with Crippen LogP contribution in [0, 0.1) is 0 Å². The highest BCUT2D eigenvalue weighted by Gasteiger charge is 2.75. The summed E-state index contributed by atoms with van der Waals surface area (Å²) in [5.41, 5.74) is -0.0190. The van der Waals surface area contributed by atoms with Gasteiger partial charge in [-0.05, 0) is 48.7 Å². The van der Waals surface area contributed by atoms with Gasteiger partial charge in [-0.3, -0.25) is 9.69 Å². The molecule has 1 aliphatic carbocycles. The predicted molar refractivity (Wildman–Crippen MR) is 102 cm³/mol. The van der Waals surface area contributed by atoms with Gasteiger partial charge >= 0.3 is 6.09 Å². The lowest BCUT2D eigenvalue weighted by Gasteiger charge is -2.43. The van der Waals surface area contributed by atoms with Gasteiger partial charge in [0.25, 0.3) is 0 Å². The number of hydrogen-bond donors (Lipinski definition) is 0. The molecule has 1 spiro atoms. The summed E-state index contributed by atoms with van der Waals surface area (Å²) < 4.78 is 28.2. The summed E-state index contributed by atoms with van der Waals surface area (Å²) in [6.07, 6.45) is 0.0629. The number of Topliss-reactive ketones (excluding diaryl/α,β-unsaturated/α-hetero) is 1. The Bertz CT molecular complexity index is 1160. The molecule has 0 aromatic heterocycles. The summed E-state index contributed by atoms with van der Waals surface area (Å²) in [6.45, 7) is 2.26. The van der Waals surface area contributed by atoms with Crippen LogP contribution in [0.2, 0.25) is 0 Å². The third-order valence-electron chi connectivity index (χ3n) is 6.80. The van der Waals surface area contributed by atoms with Crippen LogP contribution in [0.1, 0.15) is 34.0 Å². The Labute approximate surface area is 172 Å². The second-order valence-corrected chi connectivity index (χ2v) is 7.93. The molecule has 3 aliphatic heterocycles. The van der Waals surface area contributed by atoms with Crippen LogP contribution in [0.25, 0.3) is 0 Å². The van der Waals surface area contributed by atoms with Crippen molar-refractivity contribution >= 4 is 11.9 Å². The lowest BCUT2D eigenvalue weighted by atomic mass is 9.70. The Balaban J connectivity index is 1.71. The molecule has 2 aromatic rings. The van der Waals surface area contributed by atoms with Crippen molar-refractivity contribution in [3.63, 3.8) is 0 Å². The number of ether oxygens (including phenoxy) is 5. The first-order valence-corrected chi connectivity index (χ1v) is 9.71. The number of rotatable bonds is 2. The summed E-state index contributed by atoms with van der Waals surface area (Å²) in [4.78, 5) is 28.6. The minimum absolute atomic E-state index is 0.126. The highest BCUT2D eigenvalue weighted by atomic mass is 16.7. The van der Waals surface area contributed by atoms with E-state index in [0.29, 0.717) is 52.7 Å². The third-order valence-corrected chi connectivity index (χ3v) is 6.80. The molecular formula is C22H19NO7. The molecule has 0 N–H and O–H groups in total. The maximum Gasteiger partial charge on any atom is 0.412 e. The maximum absolute atomic E-state index is 14.1. The minimum atomic E-state index is -1.35. The molecule has 1 amide bonds. The molecule has 1 saturated heterocycles. The van der Waals surface area contributed by atoms with Gasteiger partial charge in [-0.25, -0.2) is 4.79 Å². The fourth-order valence-corrected chi connectivity index (χ4v) is 5.60. The average molecular weight is 409 g/mol. The van der Waals surface area contributed by atoms with E-state index in [1.165, 1.54) is 14.2 Å². The zero-order valence-electron chi connectivity index (χ0n) is 16.7. The van der Waals surface area contributed by atoms with Crippen LogP contribution in [-0.2, 0) is 22.3 Å². The molecule has 8 heteroatoms. The van der Waals surface area contributed by atoms with Gasteiger partial charge in [0.2, 0.25) is 6.79 Å². The highest BCUT2D eigenvalue weighted by Crippen LogP contribution is 2.64. The number of methoxy groups -OCH3 is 2. The van der Waals surface area contributed by atoms with Crippen LogP contribution in [0.3, 0.4) is 0 Å². The summed E-state index contributed by atoms with van der Waals surface area (Å²) in [5, 5.41) is 0. The van der Waals surface area contributed by atoms with Crippen LogP contribution in [0.15, 0.2) is 24.3 Å². The average Bonchev–Trinajstić information content (AvgIpc) is 3.35. The molecule has 2 atom stereocenters. The summed E-state index contributed by atoms with van der Waals surface area (Å²) in [5.74, 6) is 1.86. The van der Waals surface area contributed by atoms with Crippen LogP contribution in [0.4, 0.5) is 4.79 Å². The van der Waals surface area contributed by atoms with E-state index in [2.05, 4.69) is 0 Å². The number of amides is 1. The topological polar surface area (TPSA) is 83.5 Å². The van der Waals surface area contributed by atoms with E-state index in [9.17, 15) is 9.59 Å². The number of fused-ring (bicyclic) bond motifs is 4. The van der Waals surface area contributed by atoms with E-state index in [0.717, 1.165) is 5.56 Å². The minimum Gasteiger partial charge on any atom is -0.493 e. The number of nitrogens with zero attached hydrogens (tertiary/aromatic N) is 1. The molecule has 0 unspecified atom stereocenters. The zero-order valence-corrected chi connectivity index (χ0v) is 16.7. The molecule has 0 saturated carbocycles. The maximum atomic E-state index is 14.1. The van der Waals surface area contributed by atoms with E-state index >= 15 is 0 Å². The summed E-state index contributed by atoms with van der Waals surface area (Å²) >= 11 is 0. The first-order chi connectivity index (χ1) is 14.5. The molecule has 3 heterocycles. The summed E-state index contributed by atoms with van der Waals surface area (Å²) in [6, 6.07) is 7.13. The van der Waals surface area contributed by atoms with E-state index in [4.69, 9.17) is 23.7 Å². The molecule has 154 valence electrons. The van der Waals surface area contributed by atoms with Gasteiger partial charge in [0.05, 0.1) is 19.8 Å². The molecule has 8 nitrogen and oxygen atoms in total. The Hall–Kier alpha value is -3.42. The molecular weight excluding hydrogens is 390 g/mol. The van der Waals surface area contributed by atoms with Crippen molar-refractivity contribution in [1.29, 1.82) is 0 Å². The van der Waals surface area contributed by atoms with Crippen molar-refractivity contribution in [2.45, 2.75) is 24.5 Å². The highest BCUT2D eigenvalue weighted by molar-refractivity contribution is 6.14. The largest absolute Gasteiger partial charge is 0.493 e. The number of benzene rings is 2. The Morgan fingerprint density at radius 2 is 1.83 bits per heavy atom. The molecule has 1 fully saturated rings. The van der Waals surface area contributed by atoms with E-state index in [1.807, 2.05) is 12.1 Å². The Morgan fingerprint density at radius 1 is 1.07 bits per heavy atom. The van der Waals surface area contributed by atoms with Crippen LogP contribution < -0.4 is 18.9 Å². The van der Waals surface area contributed by atoms with Gasteiger partial charge in [-0.2, -0.15) is 0 Å². The number of carbonyl (C=O) groups is 2. The number of hydrogen-bond acceptors (Lipinski definition) is 7. The van der Waals surface area contributed by atoms with Crippen molar-refractivity contribution < 1.29 is 33.3 Å². The van der Waals surface area contributed by atoms with Crippen LogP contribution >= 0.6 is 0 Å². The lowest BCUT2D eigenvalue weighted by Crippen LogP contribution is -2.57. The van der Waals surface area contributed by atoms with Gasteiger partial charge in [0, 0.05) is 12.1 Å². The fourth-order valence-electron chi connectivity index (χ4n) is 5.60. The third kappa shape index (κ3) is 1.67. The fraction of sp³-hybridized carbons (Fsp3) is 0.364. The first kappa shape index (κ1) is 17.4. The molecule has 6 rings (SSSR count). The molecule has 2 aromatic carbocycles. The lowest BCUT2D eigenvalue weighted by molar-refractivity contribution is 0.00653. The van der Waals surface area contributed by atoms with Gasteiger partial charge in [-0.1, -0.05) is 0 Å². The van der Waals surface area contributed by atoms with Crippen molar-refractivity contribution in [2.75, 3.05) is 27.6 Å². The first-order valence-electron chi connectivity index (χ1n) is 9.71. The molecule has 0 radical (unpaired) electrons. The molecule has 0 bridgehead atoms. The summed E-state index contributed by atoms with van der Waals surface area (Å²) in [7, 11) is 3.04. The van der Waals surface area contributed by atoms with Gasteiger partial charge in [0.15, 0.2) is 39.9 Å². The van der Waals surface area contributed by atoms with Gasteiger partial charge in [0.1, 0.15) is 0 Å². The van der Waals surface area contributed by atoms with E-state index in [-0.39, 0.29) is 12.6 Å². The normalized spacial score (nSPS) is 27.2. The van der Waals surface area contributed by atoms with Crippen molar-refractivity contribution in [3.8, 4) is 23.0 Å². The van der Waals surface area contributed by atoms with E-state index in [1.54, 1.807) is 24.0 Å². The van der Waals surface area contributed by atoms with Gasteiger partial charge < -0.3 is 23.7 Å². The van der Waals surface area contributed by atoms with Crippen molar-refractivity contribution in [3.05, 3.63) is 46.5 Å².